The summed E-state index contributed by atoms with van der Waals surface area (Å²) in [6.07, 6.45) is 16.2. The average Bonchev–Trinajstić information content (AvgIpc) is 3.41. The third-order valence-electron chi connectivity index (χ3n) is 6.91. The van der Waals surface area contributed by atoms with Crippen molar-refractivity contribution in [2.24, 2.45) is 0 Å². The Morgan fingerprint density at radius 3 is 2.24 bits per heavy atom. The van der Waals surface area contributed by atoms with Crippen molar-refractivity contribution in [3.05, 3.63) is 71.3 Å². The maximum absolute atomic E-state index is 12.4. The van der Waals surface area contributed by atoms with Gasteiger partial charge in [-0.15, -0.1) is 28.7 Å². The molecule has 1 aliphatic heterocycles. The van der Waals surface area contributed by atoms with Crippen molar-refractivity contribution in [1.29, 1.82) is 0 Å². The van der Waals surface area contributed by atoms with Crippen molar-refractivity contribution in [1.82, 2.24) is 4.90 Å². The van der Waals surface area contributed by atoms with E-state index in [9.17, 15) is 4.79 Å². The number of nitrogens with zero attached hydrogens (tertiary/aromatic N) is 2. The molecule has 0 N–H and O–H groups in total. The lowest BCUT2D eigenvalue weighted by Gasteiger charge is -2.22. The van der Waals surface area contributed by atoms with Gasteiger partial charge in [-0.25, -0.2) is 0 Å². The van der Waals surface area contributed by atoms with Crippen LogP contribution in [0, 0.1) is 0 Å². The fourth-order valence-corrected chi connectivity index (χ4v) is 5.42. The number of carbonyl (C=O) groups excluding carboxylic acids is 1. The highest BCUT2D eigenvalue weighted by atomic mass is 79.9. The Kier molecular flexibility index (Phi) is 16.3. The molecule has 1 amide bonds. The number of anilines is 1. The van der Waals surface area contributed by atoms with E-state index in [1.54, 1.807) is 6.92 Å². The Morgan fingerprint density at radius 2 is 1.61 bits per heavy atom. The largest absolute Gasteiger partial charge is 0.494 e. The van der Waals surface area contributed by atoms with Crippen LogP contribution in [0.4, 0.5) is 5.69 Å². The van der Waals surface area contributed by atoms with E-state index in [-0.39, 0.29) is 22.9 Å². The lowest BCUT2D eigenvalue weighted by Crippen LogP contribution is -2.30. The van der Waals surface area contributed by atoms with E-state index in [1.807, 2.05) is 22.7 Å². The van der Waals surface area contributed by atoms with Gasteiger partial charge in [0.2, 0.25) is 5.91 Å². The van der Waals surface area contributed by atoms with Crippen LogP contribution in [0.25, 0.3) is 0 Å². The maximum Gasteiger partial charge on any atom is 0.223 e. The summed E-state index contributed by atoms with van der Waals surface area (Å²) < 4.78 is 6.03. The molecule has 3 rings (SSSR count). The lowest BCUT2D eigenvalue weighted by atomic mass is 10.1. The third kappa shape index (κ3) is 12.3. The number of halogens is 1. The Labute approximate surface area is 246 Å². The number of unbranched alkanes of at least 4 members (excludes halogenated alkanes) is 9. The van der Waals surface area contributed by atoms with Crippen molar-refractivity contribution < 1.29 is 9.53 Å². The van der Waals surface area contributed by atoms with Crippen LogP contribution in [0.1, 0.15) is 89.2 Å². The molecule has 1 aliphatic rings. The van der Waals surface area contributed by atoms with Crippen LogP contribution < -0.4 is 9.64 Å². The molecule has 0 radical (unpaired) electrons. The van der Waals surface area contributed by atoms with E-state index >= 15 is 0 Å². The molecule has 0 fully saturated rings. The molecule has 38 heavy (non-hydrogen) atoms. The Balaban J connectivity index is 0.00000507. The number of hydrogen-bond donors (Lipinski definition) is 0. The van der Waals surface area contributed by atoms with Gasteiger partial charge < -0.3 is 14.5 Å². The van der Waals surface area contributed by atoms with Gasteiger partial charge in [-0.3, -0.25) is 4.79 Å². The fourth-order valence-electron chi connectivity index (χ4n) is 4.70. The van der Waals surface area contributed by atoms with E-state index in [2.05, 4.69) is 65.9 Å². The van der Waals surface area contributed by atoms with Crippen molar-refractivity contribution in [2.45, 2.75) is 91.0 Å². The third-order valence-corrected chi connectivity index (χ3v) is 7.71. The number of amides is 1. The van der Waals surface area contributed by atoms with Gasteiger partial charge in [0, 0.05) is 31.9 Å². The number of hydrogen-bond acceptors (Lipinski definition) is 4. The van der Waals surface area contributed by atoms with Gasteiger partial charge >= 0.3 is 0 Å². The summed E-state index contributed by atoms with van der Waals surface area (Å²) in [5.41, 5.74) is 3.41. The first-order valence-corrected chi connectivity index (χ1v) is 15.3. The topological polar surface area (TPSA) is 32.8 Å². The zero-order valence-corrected chi connectivity index (χ0v) is 25.9. The summed E-state index contributed by atoms with van der Waals surface area (Å²) in [6, 6.07) is 16.7. The highest BCUT2D eigenvalue weighted by Crippen LogP contribution is 2.22. The highest BCUT2D eigenvalue weighted by molar-refractivity contribution is 8.93. The SMILES string of the molecule is Br.CCCCCCCCCCCCOc1cccc(CCN(C(C)=O)c2ccc(CN3C=CSC3)cc2)c1. The van der Waals surface area contributed by atoms with Gasteiger partial charge in [-0.2, -0.15) is 0 Å². The second kappa shape index (κ2) is 19.2. The van der Waals surface area contributed by atoms with Gasteiger partial charge in [0.15, 0.2) is 0 Å². The minimum atomic E-state index is 0. The fraction of sp³-hybridized carbons (Fsp3) is 0.531. The van der Waals surface area contributed by atoms with Crippen LogP contribution >= 0.6 is 28.7 Å². The molecule has 0 spiro atoms. The summed E-state index contributed by atoms with van der Waals surface area (Å²) in [4.78, 5) is 16.6. The van der Waals surface area contributed by atoms with Crippen LogP contribution in [0.5, 0.6) is 5.75 Å². The molecular formula is C32H47BrN2O2S. The van der Waals surface area contributed by atoms with Gasteiger partial charge in [0.25, 0.3) is 0 Å². The molecule has 0 aliphatic carbocycles. The summed E-state index contributed by atoms with van der Waals surface area (Å²) in [5, 5.41) is 2.13. The molecule has 0 bridgehead atoms. The summed E-state index contributed by atoms with van der Waals surface area (Å²) in [7, 11) is 0. The van der Waals surface area contributed by atoms with Crippen molar-refractivity contribution >= 4 is 40.3 Å². The second-order valence-corrected chi connectivity index (χ2v) is 11.0. The summed E-state index contributed by atoms with van der Waals surface area (Å²) in [5.74, 6) is 2.00. The van der Waals surface area contributed by atoms with E-state index in [1.165, 1.54) is 68.9 Å². The minimum absolute atomic E-state index is 0. The predicted octanol–water partition coefficient (Wildman–Crippen LogP) is 9.14. The molecule has 4 nitrogen and oxygen atoms in total. The zero-order valence-electron chi connectivity index (χ0n) is 23.4. The van der Waals surface area contributed by atoms with Crippen molar-refractivity contribution in [3.8, 4) is 5.75 Å². The summed E-state index contributed by atoms with van der Waals surface area (Å²) in [6.45, 7) is 6.25. The first-order chi connectivity index (χ1) is 18.2. The molecule has 0 aromatic heterocycles. The molecule has 0 saturated carbocycles. The minimum Gasteiger partial charge on any atom is -0.494 e. The van der Waals surface area contributed by atoms with Gasteiger partial charge in [-0.05, 0) is 53.6 Å². The van der Waals surface area contributed by atoms with E-state index in [0.717, 1.165) is 43.3 Å². The highest BCUT2D eigenvalue weighted by Gasteiger charge is 2.13. The van der Waals surface area contributed by atoms with Gasteiger partial charge in [0.1, 0.15) is 5.75 Å². The van der Waals surface area contributed by atoms with Crippen LogP contribution in [0.15, 0.2) is 60.1 Å². The summed E-state index contributed by atoms with van der Waals surface area (Å²) >= 11 is 1.81. The zero-order chi connectivity index (χ0) is 26.1. The first kappa shape index (κ1) is 32.3. The number of thioether (sulfide) groups is 1. The Bertz CT molecular complexity index is 951. The van der Waals surface area contributed by atoms with E-state index in [0.29, 0.717) is 6.54 Å². The molecule has 2 aromatic carbocycles. The lowest BCUT2D eigenvalue weighted by molar-refractivity contribution is -0.116. The molecule has 0 atom stereocenters. The molecular weight excluding hydrogens is 556 g/mol. The van der Waals surface area contributed by atoms with Gasteiger partial charge in [-0.1, -0.05) is 89.0 Å². The standard InChI is InChI=1S/C32H46N2O2S.BrH/c1-3-4-5-6-7-8-9-10-11-12-23-36-32-15-13-14-29(25-32)20-21-34(28(2)35)31-18-16-30(17-19-31)26-33-22-24-37-27-33;/h13-19,22,24-25H,3-12,20-21,23,26-27H2,1-2H3;1H. The number of carbonyl (C=O) groups is 1. The van der Waals surface area contributed by atoms with E-state index in [4.69, 9.17) is 4.74 Å². The second-order valence-electron chi connectivity index (χ2n) is 10.1. The van der Waals surface area contributed by atoms with Gasteiger partial charge in [0.05, 0.1) is 12.5 Å². The Morgan fingerprint density at radius 1 is 0.921 bits per heavy atom. The molecule has 6 heteroatoms. The van der Waals surface area contributed by atoms with Crippen molar-refractivity contribution in [2.75, 3.05) is 23.9 Å². The smallest absolute Gasteiger partial charge is 0.223 e. The quantitative estimate of drug-likeness (QED) is 0.159. The number of ether oxygens (including phenoxy) is 1. The molecule has 210 valence electrons. The molecule has 0 unspecified atom stereocenters. The predicted molar refractivity (Wildman–Crippen MR) is 169 cm³/mol. The first-order valence-electron chi connectivity index (χ1n) is 14.3. The molecule has 1 heterocycles. The Hall–Kier alpha value is -1.92. The maximum atomic E-state index is 12.4. The average molecular weight is 604 g/mol. The van der Waals surface area contributed by atoms with Crippen molar-refractivity contribution in [3.63, 3.8) is 0 Å². The van der Waals surface area contributed by atoms with Crippen LogP contribution in [-0.4, -0.2) is 29.8 Å². The van der Waals surface area contributed by atoms with E-state index < -0.39 is 0 Å². The number of rotatable bonds is 18. The monoisotopic (exact) mass is 602 g/mol. The molecule has 2 aromatic rings. The number of benzene rings is 2. The molecule has 0 saturated heterocycles. The van der Waals surface area contributed by atoms with Crippen LogP contribution in [0.2, 0.25) is 0 Å². The normalized spacial score (nSPS) is 12.4. The van der Waals surface area contributed by atoms with Crippen LogP contribution in [-0.2, 0) is 17.8 Å². The van der Waals surface area contributed by atoms with Crippen LogP contribution in [0.3, 0.4) is 0 Å².